The first kappa shape index (κ1) is 24.7. The highest BCUT2D eigenvalue weighted by atomic mass is 32.2. The van der Waals surface area contributed by atoms with Crippen LogP contribution in [-0.2, 0) is 14.3 Å². The average molecular weight is 440 g/mol. The van der Waals surface area contributed by atoms with Gasteiger partial charge in [-0.1, -0.05) is 6.42 Å². The van der Waals surface area contributed by atoms with Crippen LogP contribution in [0.5, 0.6) is 0 Å². The molecule has 1 saturated heterocycles. The second-order valence-electron chi connectivity index (χ2n) is 9.00. The van der Waals surface area contributed by atoms with E-state index in [2.05, 4.69) is 17.1 Å². The Bertz CT molecular complexity index is 735. The lowest BCUT2D eigenvalue weighted by Gasteiger charge is -2.27. The van der Waals surface area contributed by atoms with Crippen LogP contribution in [0.25, 0.3) is 0 Å². The lowest BCUT2D eigenvalue weighted by Crippen LogP contribution is -2.32. The van der Waals surface area contributed by atoms with E-state index in [0.29, 0.717) is 17.2 Å². The number of ether oxygens (including phenoxy) is 2. The number of hydrogen-bond donors (Lipinski definition) is 2. The summed E-state index contributed by atoms with van der Waals surface area (Å²) in [7, 11) is 1.89. The fourth-order valence-electron chi connectivity index (χ4n) is 3.82. The first-order valence-electron chi connectivity index (χ1n) is 10.9. The molecule has 2 heterocycles. The first-order valence-corrected chi connectivity index (χ1v) is 11.8. The number of nitrogens with one attached hydrogen (secondary N) is 1. The molecule has 6 nitrogen and oxygen atoms in total. The molecule has 0 spiro atoms. The number of nitrogens with zero attached hydrogens (tertiary/aromatic N) is 1. The third-order valence-electron chi connectivity index (χ3n) is 5.38. The number of hydrogen-bond acceptors (Lipinski definition) is 7. The Morgan fingerprint density at radius 2 is 1.90 bits per heavy atom. The van der Waals surface area contributed by atoms with Crippen molar-refractivity contribution >= 4 is 17.7 Å². The molecule has 0 amide bonds. The summed E-state index contributed by atoms with van der Waals surface area (Å²) >= 11 is 1.46. The average Bonchev–Trinajstić information content (AvgIpc) is 2.98. The fraction of sp³-hybridized carbons (Fsp3) is 0.696. The van der Waals surface area contributed by atoms with Crippen LogP contribution in [-0.4, -0.2) is 55.0 Å². The van der Waals surface area contributed by atoms with Gasteiger partial charge in [0, 0.05) is 20.3 Å². The van der Waals surface area contributed by atoms with E-state index in [9.17, 15) is 4.79 Å². The highest BCUT2D eigenvalue weighted by molar-refractivity contribution is 8.05. The van der Waals surface area contributed by atoms with Crippen molar-refractivity contribution in [2.45, 2.75) is 71.7 Å². The zero-order valence-electron chi connectivity index (χ0n) is 19.7. The zero-order valence-corrected chi connectivity index (χ0v) is 20.5. The molecule has 0 aromatic rings. The van der Waals surface area contributed by atoms with Gasteiger partial charge in [-0.3, -0.25) is 4.90 Å². The molecular weight excluding hydrogens is 398 g/mol. The van der Waals surface area contributed by atoms with E-state index in [1.807, 2.05) is 41.7 Å². The molecule has 0 radical (unpaired) electrons. The molecule has 0 bridgehead atoms. The maximum absolute atomic E-state index is 12.6. The summed E-state index contributed by atoms with van der Waals surface area (Å²) in [5.41, 5.74) is 9.27. The van der Waals surface area contributed by atoms with Crippen molar-refractivity contribution in [3.05, 3.63) is 33.2 Å². The van der Waals surface area contributed by atoms with E-state index in [0.717, 1.165) is 42.2 Å². The van der Waals surface area contributed by atoms with Gasteiger partial charge in [0.05, 0.1) is 11.4 Å². The Balaban J connectivity index is 0.00000480. The van der Waals surface area contributed by atoms with E-state index in [1.165, 1.54) is 31.0 Å². The highest BCUT2D eigenvalue weighted by Crippen LogP contribution is 2.43. The minimum absolute atomic E-state index is 0. The molecule has 0 aromatic heterocycles. The number of esters is 1. The van der Waals surface area contributed by atoms with Crippen molar-refractivity contribution in [1.29, 1.82) is 0 Å². The summed E-state index contributed by atoms with van der Waals surface area (Å²) in [5, 5.41) is 3.26. The van der Waals surface area contributed by atoms with Gasteiger partial charge in [0.15, 0.2) is 0 Å². The monoisotopic (exact) mass is 439 g/mol. The molecule has 0 saturated carbocycles. The number of likely N-dealkylation sites (tertiary alicyclic amines) is 1. The van der Waals surface area contributed by atoms with Crippen LogP contribution in [0.2, 0.25) is 0 Å². The minimum atomic E-state index is -0.555. The van der Waals surface area contributed by atoms with Gasteiger partial charge in [0.2, 0.25) is 0 Å². The van der Waals surface area contributed by atoms with Crippen LogP contribution in [0.4, 0.5) is 0 Å². The molecule has 2 aliphatic rings. The van der Waals surface area contributed by atoms with Crippen LogP contribution in [0.15, 0.2) is 33.2 Å². The first-order chi connectivity index (χ1) is 14.0. The minimum Gasteiger partial charge on any atom is -0.490 e. The molecule has 1 fully saturated rings. The Kier molecular flexibility index (Phi) is 8.73. The Morgan fingerprint density at radius 3 is 2.47 bits per heavy atom. The molecule has 172 valence electrons. The van der Waals surface area contributed by atoms with Gasteiger partial charge < -0.3 is 20.5 Å². The van der Waals surface area contributed by atoms with E-state index >= 15 is 0 Å². The van der Waals surface area contributed by atoms with E-state index < -0.39 is 5.60 Å². The Hall–Kier alpha value is -1.60. The van der Waals surface area contributed by atoms with Crippen molar-refractivity contribution in [3.63, 3.8) is 0 Å². The molecule has 3 N–H and O–H groups in total. The number of carbonyl (C=O) groups is 1. The number of thioether (sulfide) groups is 1. The van der Waals surface area contributed by atoms with Crippen LogP contribution >= 0.6 is 11.8 Å². The summed E-state index contributed by atoms with van der Waals surface area (Å²) in [4.78, 5) is 15.6. The molecular formula is C23H41N3O3S. The van der Waals surface area contributed by atoms with Crippen molar-refractivity contribution in [1.82, 2.24) is 10.2 Å². The third-order valence-corrected chi connectivity index (χ3v) is 6.59. The summed E-state index contributed by atoms with van der Waals surface area (Å²) in [6.45, 7) is 15.5. The van der Waals surface area contributed by atoms with Gasteiger partial charge in [-0.25, -0.2) is 4.79 Å². The molecule has 30 heavy (non-hydrogen) atoms. The molecule has 1 unspecified atom stereocenters. The third kappa shape index (κ3) is 6.45. The second-order valence-corrected chi connectivity index (χ2v) is 10.3. The Morgan fingerprint density at radius 1 is 1.27 bits per heavy atom. The van der Waals surface area contributed by atoms with Crippen LogP contribution in [0.3, 0.4) is 0 Å². The second kappa shape index (κ2) is 10.6. The quantitative estimate of drug-likeness (QED) is 0.456. The molecule has 2 aliphatic heterocycles. The predicted octanol–water partition coefficient (Wildman–Crippen LogP) is 4.15. The predicted molar refractivity (Wildman–Crippen MR) is 127 cm³/mol. The van der Waals surface area contributed by atoms with Gasteiger partial charge in [-0.2, -0.15) is 0 Å². The van der Waals surface area contributed by atoms with Gasteiger partial charge >= 0.3 is 5.97 Å². The number of piperidine rings is 1. The van der Waals surface area contributed by atoms with Gasteiger partial charge in [-0.05, 0) is 78.6 Å². The normalized spacial score (nSPS) is 23.2. The summed E-state index contributed by atoms with van der Waals surface area (Å²) in [5.74, 6) is 0.451. The van der Waals surface area contributed by atoms with Gasteiger partial charge in [0.1, 0.15) is 22.9 Å². The van der Waals surface area contributed by atoms with Gasteiger partial charge in [0.25, 0.3) is 0 Å². The summed E-state index contributed by atoms with van der Waals surface area (Å²) < 4.78 is 11.8. The highest BCUT2D eigenvalue weighted by Gasteiger charge is 2.34. The maximum atomic E-state index is 12.6. The van der Waals surface area contributed by atoms with E-state index in [4.69, 9.17) is 15.2 Å². The van der Waals surface area contributed by atoms with Gasteiger partial charge in [-0.15, -0.1) is 11.8 Å². The molecule has 2 rings (SSSR count). The molecule has 7 heteroatoms. The zero-order chi connectivity index (χ0) is 22.5. The van der Waals surface area contributed by atoms with Crippen molar-refractivity contribution < 1.29 is 15.7 Å². The lowest BCUT2D eigenvalue weighted by molar-refractivity contribution is -0.148. The van der Waals surface area contributed by atoms with Crippen LogP contribution in [0.1, 0.15) is 62.2 Å². The van der Waals surface area contributed by atoms with Crippen molar-refractivity contribution in [2.24, 2.45) is 5.73 Å². The fourth-order valence-corrected chi connectivity index (χ4v) is 4.97. The summed E-state index contributed by atoms with van der Waals surface area (Å²) in [6, 6.07) is 0. The van der Waals surface area contributed by atoms with Crippen LogP contribution in [0, 0.1) is 0 Å². The van der Waals surface area contributed by atoms with Crippen molar-refractivity contribution in [3.8, 4) is 0 Å². The summed E-state index contributed by atoms with van der Waals surface area (Å²) in [6.07, 6.45) is 3.86. The Labute approximate surface area is 187 Å². The molecule has 1 atom stereocenters. The van der Waals surface area contributed by atoms with Crippen LogP contribution < -0.4 is 11.1 Å². The molecule has 0 aromatic carbocycles. The SMILES string of the molecule is CN/C(C)=C(OCCN1CCCCC1)\C(C)=C1\C(N)=C(C(=O)OC(C)(C)C)SC1C.[HH]. The number of rotatable bonds is 7. The standard InChI is InChI=1S/C23H39N3O3S.H2/c1-15(18-17(3)30-21(19(18)24)22(27)29-23(4,5)6)20(16(2)25-7)28-14-13-26-11-9-8-10-12-26;/h17,25H,8-14,24H2,1-7H3;1H/b18-15+,20-16+;. The maximum Gasteiger partial charge on any atom is 0.347 e. The van der Waals surface area contributed by atoms with Crippen molar-refractivity contribution in [2.75, 3.05) is 33.3 Å². The molecule has 0 aliphatic carbocycles. The smallest absolute Gasteiger partial charge is 0.347 e. The largest absolute Gasteiger partial charge is 0.490 e. The number of allylic oxidation sites excluding steroid dienone is 3. The topological polar surface area (TPSA) is 76.8 Å². The lowest BCUT2D eigenvalue weighted by atomic mass is 10.0. The number of nitrogens with two attached hydrogens (primary N) is 1. The van der Waals surface area contributed by atoms with E-state index in [1.54, 1.807) is 0 Å². The number of carbonyl (C=O) groups excluding carboxylic acids is 1. The van der Waals surface area contributed by atoms with E-state index in [-0.39, 0.29) is 12.6 Å².